The van der Waals surface area contributed by atoms with Crippen molar-refractivity contribution in [2.24, 2.45) is 11.8 Å². The van der Waals surface area contributed by atoms with E-state index in [2.05, 4.69) is 42.8 Å². The Kier molecular flexibility index (Phi) is 4.92. The number of rotatable bonds is 5. The number of pyridine rings is 1. The van der Waals surface area contributed by atoms with Crippen molar-refractivity contribution in [2.75, 3.05) is 11.4 Å². The quantitative estimate of drug-likeness (QED) is 0.501. The number of aryl methyl sites for hydroxylation is 1. The van der Waals surface area contributed by atoms with Crippen molar-refractivity contribution in [3.05, 3.63) is 82.3 Å². The molecule has 3 aromatic rings. The number of aliphatic carboxylic acids is 1. The van der Waals surface area contributed by atoms with Crippen LogP contribution in [0.3, 0.4) is 0 Å². The maximum absolute atomic E-state index is 15.3. The van der Waals surface area contributed by atoms with Gasteiger partial charge in [0.2, 0.25) is 5.88 Å². The van der Waals surface area contributed by atoms with Crippen LogP contribution in [0.2, 0.25) is 0 Å². The van der Waals surface area contributed by atoms with Gasteiger partial charge in [-0.2, -0.15) is 0 Å². The molecule has 0 spiro atoms. The van der Waals surface area contributed by atoms with Gasteiger partial charge in [0.15, 0.2) is 0 Å². The van der Waals surface area contributed by atoms with Gasteiger partial charge in [-0.3, -0.25) is 4.79 Å². The maximum Gasteiger partial charge on any atom is 0.307 e. The Bertz CT molecular complexity index is 1350. The number of ether oxygens (including phenoxy) is 1. The van der Waals surface area contributed by atoms with Crippen LogP contribution >= 0.6 is 0 Å². The summed E-state index contributed by atoms with van der Waals surface area (Å²) in [5, 5.41) is 9.31. The van der Waals surface area contributed by atoms with Crippen molar-refractivity contribution in [3.8, 4) is 5.88 Å². The van der Waals surface area contributed by atoms with Gasteiger partial charge in [0.05, 0.1) is 5.92 Å². The van der Waals surface area contributed by atoms with Crippen molar-refractivity contribution in [2.45, 2.75) is 51.6 Å². The van der Waals surface area contributed by atoms with Crippen molar-refractivity contribution < 1.29 is 19.0 Å². The van der Waals surface area contributed by atoms with E-state index in [1.807, 2.05) is 24.3 Å². The molecule has 1 aromatic heterocycles. The highest BCUT2D eigenvalue weighted by molar-refractivity contribution is 5.78. The number of aromatic nitrogens is 1. The number of hydrogen-bond donors (Lipinski definition) is 1. The van der Waals surface area contributed by atoms with Gasteiger partial charge in [-0.05, 0) is 71.6 Å². The smallest absolute Gasteiger partial charge is 0.307 e. The Labute approximate surface area is 204 Å². The summed E-state index contributed by atoms with van der Waals surface area (Å²) >= 11 is 0. The number of para-hydroxylation sites is 1. The number of carbonyl (C=O) groups is 1. The molecule has 0 saturated heterocycles. The van der Waals surface area contributed by atoms with Crippen molar-refractivity contribution in [3.63, 3.8) is 0 Å². The minimum absolute atomic E-state index is 0.0809. The summed E-state index contributed by atoms with van der Waals surface area (Å²) in [7, 11) is 0. The van der Waals surface area contributed by atoms with E-state index in [1.54, 1.807) is 12.3 Å². The molecule has 3 atom stereocenters. The van der Waals surface area contributed by atoms with Crippen molar-refractivity contribution >= 4 is 17.3 Å². The first-order valence-electron chi connectivity index (χ1n) is 12.2. The largest absolute Gasteiger partial charge is 0.481 e. The molecule has 2 aromatic carbocycles. The SMILES string of the molecule is Cc1ccccc1N1CCC(C)(C)c2cc(F)c(COc3cc4c(cn3)[C@H]3[C@@H](C4)[C@@H]3C(=O)O)cc21. The molecule has 0 unspecified atom stereocenters. The summed E-state index contributed by atoms with van der Waals surface area (Å²) in [5.74, 6) is -0.565. The van der Waals surface area contributed by atoms with Gasteiger partial charge in [-0.25, -0.2) is 9.37 Å². The molecule has 6 rings (SSSR count). The molecule has 3 aliphatic rings. The van der Waals surface area contributed by atoms with E-state index < -0.39 is 5.97 Å². The molecule has 2 heterocycles. The molecule has 1 fully saturated rings. The zero-order valence-electron chi connectivity index (χ0n) is 20.2. The lowest BCUT2D eigenvalue weighted by Crippen LogP contribution is -2.35. The number of nitrogens with zero attached hydrogens (tertiary/aromatic N) is 2. The molecule has 5 nitrogen and oxygen atoms in total. The second kappa shape index (κ2) is 7.80. The van der Waals surface area contributed by atoms with Crippen LogP contribution in [0.4, 0.5) is 15.8 Å². The molecule has 1 N–H and O–H groups in total. The van der Waals surface area contributed by atoms with E-state index in [1.165, 1.54) is 5.56 Å². The molecule has 0 amide bonds. The van der Waals surface area contributed by atoms with E-state index in [4.69, 9.17) is 4.74 Å². The molecule has 0 radical (unpaired) electrons. The van der Waals surface area contributed by atoms with Crippen LogP contribution in [0.25, 0.3) is 0 Å². The van der Waals surface area contributed by atoms with Gasteiger partial charge in [0.1, 0.15) is 12.4 Å². The third-order valence-corrected chi connectivity index (χ3v) is 8.19. The van der Waals surface area contributed by atoms with E-state index in [-0.39, 0.29) is 35.6 Å². The van der Waals surface area contributed by atoms with Crippen LogP contribution in [0, 0.1) is 24.6 Å². The number of halogens is 1. The standard InChI is InChI=1S/C29H29FN2O3/c1-16-6-4-5-7-23(16)32-9-8-29(2,3)21-13-22(30)18(11-24(21)32)15-35-25-12-17-10-19-26(20(17)14-31-25)27(19)28(33)34/h4-7,11-14,19,26-27H,8-10,15H2,1-3H3,(H,33,34)/t19-,26-,27+/m1/s1. The molecule has 2 aliphatic carbocycles. The fourth-order valence-electron chi connectivity index (χ4n) is 6.08. The monoisotopic (exact) mass is 472 g/mol. The highest BCUT2D eigenvalue weighted by Gasteiger charge is 2.59. The fourth-order valence-corrected chi connectivity index (χ4v) is 6.08. The Morgan fingerprint density at radius 2 is 2.03 bits per heavy atom. The Morgan fingerprint density at radius 1 is 1.23 bits per heavy atom. The normalized spacial score (nSPS) is 23.3. The minimum atomic E-state index is -0.725. The zero-order chi connectivity index (χ0) is 24.5. The second-order valence-electron chi connectivity index (χ2n) is 10.8. The molecule has 180 valence electrons. The average Bonchev–Trinajstić information content (AvgIpc) is 3.41. The molecular formula is C29H29FN2O3. The van der Waals surface area contributed by atoms with Gasteiger partial charge in [0.25, 0.3) is 0 Å². The predicted octanol–water partition coefficient (Wildman–Crippen LogP) is 5.90. The lowest BCUT2D eigenvalue weighted by atomic mass is 9.77. The third-order valence-electron chi connectivity index (χ3n) is 8.19. The van der Waals surface area contributed by atoms with E-state index in [9.17, 15) is 9.90 Å². The molecule has 35 heavy (non-hydrogen) atoms. The van der Waals surface area contributed by atoms with Gasteiger partial charge in [-0.15, -0.1) is 0 Å². The summed E-state index contributed by atoms with van der Waals surface area (Å²) in [5.41, 5.74) is 6.86. The van der Waals surface area contributed by atoms with Crippen LogP contribution in [0.1, 0.15) is 54.0 Å². The van der Waals surface area contributed by atoms with Crippen molar-refractivity contribution in [1.82, 2.24) is 4.98 Å². The topological polar surface area (TPSA) is 62.7 Å². The molecule has 6 heteroatoms. The molecule has 0 bridgehead atoms. The highest BCUT2D eigenvalue weighted by Crippen LogP contribution is 2.61. The van der Waals surface area contributed by atoms with Crippen molar-refractivity contribution in [1.29, 1.82) is 0 Å². The van der Waals surface area contributed by atoms with Crippen LogP contribution in [0.15, 0.2) is 48.7 Å². The first-order valence-corrected chi connectivity index (χ1v) is 12.2. The lowest BCUT2D eigenvalue weighted by molar-refractivity contribution is -0.139. The van der Waals surface area contributed by atoms with Crippen LogP contribution in [-0.2, 0) is 23.2 Å². The number of hydrogen-bond acceptors (Lipinski definition) is 4. The predicted molar refractivity (Wildman–Crippen MR) is 132 cm³/mol. The van der Waals surface area contributed by atoms with E-state index in [0.717, 1.165) is 47.5 Å². The second-order valence-corrected chi connectivity index (χ2v) is 10.8. The van der Waals surface area contributed by atoms with E-state index in [0.29, 0.717) is 11.4 Å². The maximum atomic E-state index is 15.3. The molecule has 1 aliphatic heterocycles. The summed E-state index contributed by atoms with van der Waals surface area (Å²) < 4.78 is 21.2. The molecular weight excluding hydrogens is 443 g/mol. The first-order chi connectivity index (χ1) is 16.7. The van der Waals surface area contributed by atoms with E-state index >= 15 is 4.39 Å². The summed E-state index contributed by atoms with van der Waals surface area (Å²) in [6.07, 6.45) is 3.42. The van der Waals surface area contributed by atoms with Crippen LogP contribution in [0.5, 0.6) is 5.88 Å². The van der Waals surface area contributed by atoms with Crippen LogP contribution in [-0.4, -0.2) is 22.6 Å². The number of anilines is 2. The molecule has 1 saturated carbocycles. The minimum Gasteiger partial charge on any atom is -0.481 e. The Morgan fingerprint density at radius 3 is 2.80 bits per heavy atom. The Hall–Kier alpha value is -3.41. The van der Waals surface area contributed by atoms with Crippen LogP contribution < -0.4 is 9.64 Å². The summed E-state index contributed by atoms with van der Waals surface area (Å²) in [6, 6.07) is 13.8. The van der Waals surface area contributed by atoms with Gasteiger partial charge in [-0.1, -0.05) is 32.0 Å². The fraction of sp³-hybridized carbons (Fsp3) is 0.379. The van der Waals surface area contributed by atoms with Gasteiger partial charge >= 0.3 is 5.97 Å². The number of benzene rings is 2. The lowest BCUT2D eigenvalue weighted by Gasteiger charge is -2.41. The number of carboxylic acid groups (broad SMARTS) is 1. The third kappa shape index (κ3) is 3.58. The first kappa shape index (κ1) is 22.1. The summed E-state index contributed by atoms with van der Waals surface area (Å²) in [4.78, 5) is 18.0. The Balaban J connectivity index is 1.27. The summed E-state index contributed by atoms with van der Waals surface area (Å²) in [6.45, 7) is 7.39. The average molecular weight is 473 g/mol. The number of fused-ring (bicyclic) bond motifs is 4. The van der Waals surface area contributed by atoms with Gasteiger partial charge < -0.3 is 14.7 Å². The highest BCUT2D eigenvalue weighted by atomic mass is 19.1. The van der Waals surface area contributed by atoms with Gasteiger partial charge in [0, 0.05) is 41.7 Å². The number of carboxylic acids is 1. The zero-order valence-corrected chi connectivity index (χ0v) is 20.2.